The summed E-state index contributed by atoms with van der Waals surface area (Å²) >= 11 is 0. The lowest BCUT2D eigenvalue weighted by Gasteiger charge is -2.30. The van der Waals surface area contributed by atoms with Crippen molar-refractivity contribution in [1.29, 1.82) is 0 Å². The number of carbonyl (C=O) groups excluding carboxylic acids is 2. The Labute approximate surface area is 161 Å². The van der Waals surface area contributed by atoms with Crippen molar-refractivity contribution in [3.8, 4) is 0 Å². The number of ether oxygens (including phenoxy) is 1. The van der Waals surface area contributed by atoms with Gasteiger partial charge in [-0.05, 0) is 45.6 Å². The molecule has 1 aromatic carbocycles. The van der Waals surface area contributed by atoms with Crippen LogP contribution in [0.5, 0.6) is 0 Å². The van der Waals surface area contributed by atoms with Crippen LogP contribution in [0.1, 0.15) is 57.9 Å². The fourth-order valence-corrected chi connectivity index (χ4v) is 3.54. The molecule has 2 amide bonds. The van der Waals surface area contributed by atoms with Crippen LogP contribution in [0.2, 0.25) is 0 Å². The molecule has 2 aliphatic carbocycles. The molecule has 2 atom stereocenters. The molecule has 0 radical (unpaired) electrons. The molecule has 1 N–H and O–H groups in total. The van der Waals surface area contributed by atoms with Crippen LogP contribution in [0.3, 0.4) is 0 Å². The molecule has 0 bridgehead atoms. The highest BCUT2D eigenvalue weighted by Gasteiger charge is 2.52. The molecule has 0 aromatic heterocycles. The Morgan fingerprint density at radius 2 is 1.96 bits per heavy atom. The quantitative estimate of drug-likeness (QED) is 0.738. The fourth-order valence-electron chi connectivity index (χ4n) is 3.54. The van der Waals surface area contributed by atoms with E-state index in [2.05, 4.69) is 24.0 Å². The van der Waals surface area contributed by atoms with Crippen LogP contribution in [0, 0.1) is 0 Å². The second-order valence-electron chi connectivity index (χ2n) is 8.74. The van der Waals surface area contributed by atoms with Crippen molar-refractivity contribution in [3.05, 3.63) is 48.6 Å². The first kappa shape index (κ1) is 19.5. The second kappa shape index (κ2) is 7.37. The maximum absolute atomic E-state index is 12.7. The lowest BCUT2D eigenvalue weighted by molar-refractivity contribution is -0.131. The Bertz CT molecular complexity index is 704. The topological polar surface area (TPSA) is 58.6 Å². The summed E-state index contributed by atoms with van der Waals surface area (Å²) in [4.78, 5) is 26.9. The van der Waals surface area contributed by atoms with Gasteiger partial charge >= 0.3 is 6.09 Å². The lowest BCUT2D eigenvalue weighted by atomic mass is 10.1. The molecule has 0 heterocycles. The highest BCUT2D eigenvalue weighted by atomic mass is 16.6. The maximum atomic E-state index is 12.7. The molecule has 1 aromatic rings. The molecule has 0 aliphatic heterocycles. The lowest BCUT2D eigenvalue weighted by Crippen LogP contribution is -2.49. The van der Waals surface area contributed by atoms with Crippen molar-refractivity contribution in [1.82, 2.24) is 10.2 Å². The maximum Gasteiger partial charge on any atom is 0.408 e. The van der Waals surface area contributed by atoms with Crippen molar-refractivity contribution in [2.75, 3.05) is 6.54 Å². The highest BCUT2D eigenvalue weighted by molar-refractivity contribution is 5.79. The molecule has 3 rings (SSSR count). The van der Waals surface area contributed by atoms with E-state index in [-0.39, 0.29) is 17.5 Å². The van der Waals surface area contributed by atoms with Crippen molar-refractivity contribution < 1.29 is 14.3 Å². The van der Waals surface area contributed by atoms with Gasteiger partial charge in [-0.25, -0.2) is 4.79 Å². The van der Waals surface area contributed by atoms with E-state index in [9.17, 15) is 9.59 Å². The second-order valence-corrected chi connectivity index (χ2v) is 8.74. The third kappa shape index (κ3) is 5.12. The third-order valence-electron chi connectivity index (χ3n) is 5.12. The van der Waals surface area contributed by atoms with Crippen molar-refractivity contribution in [2.24, 2.45) is 0 Å². The van der Waals surface area contributed by atoms with Gasteiger partial charge < -0.3 is 15.0 Å². The summed E-state index contributed by atoms with van der Waals surface area (Å²) in [7, 11) is 0. The number of amides is 2. The van der Waals surface area contributed by atoms with Gasteiger partial charge in [-0.3, -0.25) is 4.79 Å². The van der Waals surface area contributed by atoms with Gasteiger partial charge in [0.15, 0.2) is 0 Å². The molecule has 0 saturated heterocycles. The van der Waals surface area contributed by atoms with E-state index in [0.717, 1.165) is 19.3 Å². The number of rotatable bonds is 7. The number of hydrogen-bond donors (Lipinski definition) is 1. The average molecular weight is 370 g/mol. The summed E-state index contributed by atoms with van der Waals surface area (Å²) in [5, 5.41) is 3.01. The molecule has 1 unspecified atom stereocenters. The van der Waals surface area contributed by atoms with Crippen LogP contribution < -0.4 is 5.32 Å². The van der Waals surface area contributed by atoms with Crippen LogP contribution >= 0.6 is 0 Å². The van der Waals surface area contributed by atoms with E-state index in [1.807, 2.05) is 43.9 Å². The Kier molecular flexibility index (Phi) is 5.31. The first-order chi connectivity index (χ1) is 12.7. The van der Waals surface area contributed by atoms with Crippen LogP contribution in [-0.2, 0) is 9.53 Å². The van der Waals surface area contributed by atoms with Crippen LogP contribution in [0.15, 0.2) is 43.0 Å². The summed E-state index contributed by atoms with van der Waals surface area (Å²) in [6, 6.07) is 10.5. The van der Waals surface area contributed by atoms with Crippen molar-refractivity contribution >= 4 is 12.0 Å². The average Bonchev–Trinajstić information content (AvgIpc) is 3.48. The molecule has 0 spiro atoms. The predicted octanol–water partition coefficient (Wildman–Crippen LogP) is 4.00. The molecule has 2 saturated carbocycles. The van der Waals surface area contributed by atoms with Gasteiger partial charge in [0.1, 0.15) is 5.60 Å². The zero-order chi connectivity index (χ0) is 19.7. The van der Waals surface area contributed by atoms with Gasteiger partial charge in [-0.2, -0.15) is 0 Å². The SMILES string of the molecule is C=CCC(=O)N(CC1(NC(=O)OC(C)(C)C)CC1)[C@H]1CC1c1ccccc1. The Morgan fingerprint density at radius 1 is 1.30 bits per heavy atom. The minimum absolute atomic E-state index is 0.0747. The Balaban J connectivity index is 1.67. The van der Waals surface area contributed by atoms with Crippen molar-refractivity contribution in [2.45, 2.75) is 69.6 Å². The van der Waals surface area contributed by atoms with E-state index >= 15 is 0 Å². The Hall–Kier alpha value is -2.30. The van der Waals surface area contributed by atoms with Crippen LogP contribution in [0.25, 0.3) is 0 Å². The molecule has 27 heavy (non-hydrogen) atoms. The first-order valence-electron chi connectivity index (χ1n) is 9.69. The largest absolute Gasteiger partial charge is 0.444 e. The normalized spacial score (nSPS) is 22.5. The molecule has 5 heteroatoms. The summed E-state index contributed by atoms with van der Waals surface area (Å²) < 4.78 is 5.40. The van der Waals surface area contributed by atoms with Gasteiger partial charge in [0.2, 0.25) is 5.91 Å². The van der Waals surface area contributed by atoms with Gasteiger partial charge in [0.05, 0.1) is 5.54 Å². The van der Waals surface area contributed by atoms with Gasteiger partial charge in [-0.15, -0.1) is 6.58 Å². The summed E-state index contributed by atoms with van der Waals surface area (Å²) in [5.74, 6) is 0.447. The summed E-state index contributed by atoms with van der Waals surface area (Å²) in [6.07, 6.45) is 4.26. The van der Waals surface area contributed by atoms with E-state index in [4.69, 9.17) is 4.74 Å². The molecule has 146 valence electrons. The molecule has 5 nitrogen and oxygen atoms in total. The number of nitrogens with zero attached hydrogens (tertiary/aromatic N) is 1. The predicted molar refractivity (Wildman–Crippen MR) is 105 cm³/mol. The van der Waals surface area contributed by atoms with Gasteiger partial charge in [0.25, 0.3) is 0 Å². The van der Waals surface area contributed by atoms with E-state index < -0.39 is 11.7 Å². The zero-order valence-electron chi connectivity index (χ0n) is 16.5. The molecular formula is C22H30N2O3. The van der Waals surface area contributed by atoms with Crippen molar-refractivity contribution in [3.63, 3.8) is 0 Å². The number of hydrogen-bond acceptors (Lipinski definition) is 3. The monoisotopic (exact) mass is 370 g/mol. The van der Waals surface area contributed by atoms with Gasteiger partial charge in [0, 0.05) is 24.9 Å². The minimum Gasteiger partial charge on any atom is -0.444 e. The number of carbonyl (C=O) groups is 2. The summed E-state index contributed by atoms with van der Waals surface area (Å²) in [6.45, 7) is 9.78. The van der Waals surface area contributed by atoms with Crippen LogP contribution in [-0.4, -0.2) is 40.6 Å². The molecular weight excluding hydrogens is 340 g/mol. The minimum atomic E-state index is -0.534. The molecule has 2 fully saturated rings. The van der Waals surface area contributed by atoms with Crippen LogP contribution in [0.4, 0.5) is 4.79 Å². The zero-order valence-corrected chi connectivity index (χ0v) is 16.5. The Morgan fingerprint density at radius 3 is 2.52 bits per heavy atom. The number of nitrogens with one attached hydrogen (secondary N) is 1. The molecule has 2 aliphatic rings. The fraction of sp³-hybridized carbons (Fsp3) is 0.545. The smallest absolute Gasteiger partial charge is 0.408 e. The standard InChI is InChI=1S/C22H30N2O3/c1-5-9-19(25)24(18-14-17(18)16-10-7-6-8-11-16)15-22(12-13-22)23-20(26)27-21(2,3)4/h5-8,10-11,17-18H,1,9,12-15H2,2-4H3,(H,23,26)/t17?,18-/m0/s1. The van der Waals surface area contributed by atoms with E-state index in [1.54, 1.807) is 6.08 Å². The number of alkyl carbamates (subject to hydrolysis) is 1. The first-order valence-corrected chi connectivity index (χ1v) is 9.69. The van der Waals surface area contributed by atoms with E-state index in [1.165, 1.54) is 5.56 Å². The van der Waals surface area contributed by atoms with E-state index in [0.29, 0.717) is 18.9 Å². The summed E-state index contributed by atoms with van der Waals surface area (Å²) in [5.41, 5.74) is 0.375. The third-order valence-corrected chi connectivity index (χ3v) is 5.12. The number of benzene rings is 1. The van der Waals surface area contributed by atoms with Gasteiger partial charge in [-0.1, -0.05) is 36.4 Å². The highest BCUT2D eigenvalue weighted by Crippen LogP contribution is 2.47.